The highest BCUT2D eigenvalue weighted by molar-refractivity contribution is 7.99. The summed E-state index contributed by atoms with van der Waals surface area (Å²) >= 11 is 1.58. The van der Waals surface area contributed by atoms with Gasteiger partial charge in [0.15, 0.2) is 0 Å². The van der Waals surface area contributed by atoms with Crippen molar-refractivity contribution in [3.05, 3.63) is 41.9 Å². The smallest absolute Gasteiger partial charge is 0.233 e. The number of aromatic nitrogens is 2. The van der Waals surface area contributed by atoms with Gasteiger partial charge in [-0.15, -0.1) is 0 Å². The maximum absolute atomic E-state index is 12.4. The third-order valence-electron chi connectivity index (χ3n) is 4.36. The zero-order valence-electron chi connectivity index (χ0n) is 13.7. The monoisotopic (exact) mass is 329 g/mol. The van der Waals surface area contributed by atoms with E-state index >= 15 is 0 Å². The Labute approximate surface area is 141 Å². The molecule has 1 aliphatic heterocycles. The highest BCUT2D eigenvalue weighted by atomic mass is 32.2. The Morgan fingerprint density at radius 3 is 2.87 bits per heavy atom. The van der Waals surface area contributed by atoms with Crippen LogP contribution in [0, 0.1) is 6.92 Å². The van der Waals surface area contributed by atoms with Crippen molar-refractivity contribution in [3.63, 3.8) is 0 Å². The number of piperidine rings is 1. The van der Waals surface area contributed by atoms with E-state index in [0.29, 0.717) is 5.75 Å². The van der Waals surface area contributed by atoms with Gasteiger partial charge in [-0.05, 0) is 38.0 Å². The van der Waals surface area contributed by atoms with E-state index in [-0.39, 0.29) is 11.9 Å². The Morgan fingerprint density at radius 2 is 2.13 bits per heavy atom. The molecule has 1 aromatic carbocycles. The molecule has 0 saturated carbocycles. The zero-order chi connectivity index (χ0) is 16.2. The van der Waals surface area contributed by atoms with Crippen LogP contribution >= 0.6 is 11.8 Å². The lowest BCUT2D eigenvalue weighted by molar-refractivity contribution is -0.132. The molecule has 1 N–H and O–H groups in total. The summed E-state index contributed by atoms with van der Waals surface area (Å²) in [4.78, 5) is 22.4. The summed E-state index contributed by atoms with van der Waals surface area (Å²) in [5.41, 5.74) is 3.39. The third-order valence-corrected chi connectivity index (χ3v) is 4.90. The van der Waals surface area contributed by atoms with Crippen molar-refractivity contribution in [2.24, 2.45) is 0 Å². The molecule has 1 fully saturated rings. The molecule has 4 nitrogen and oxygen atoms in total. The van der Waals surface area contributed by atoms with E-state index in [0.717, 1.165) is 42.9 Å². The number of H-pyrrole nitrogens is 1. The summed E-state index contributed by atoms with van der Waals surface area (Å²) in [6.07, 6.45) is 7.07. The van der Waals surface area contributed by atoms with Gasteiger partial charge in [-0.1, -0.05) is 29.8 Å². The van der Waals surface area contributed by atoms with Crippen molar-refractivity contribution in [1.82, 2.24) is 14.9 Å². The molecule has 5 heteroatoms. The number of nitrogens with one attached hydrogen (secondary N) is 1. The first-order valence-electron chi connectivity index (χ1n) is 8.09. The van der Waals surface area contributed by atoms with Gasteiger partial charge < -0.3 is 9.88 Å². The van der Waals surface area contributed by atoms with Gasteiger partial charge in [0.25, 0.3) is 0 Å². The van der Waals surface area contributed by atoms with Crippen LogP contribution < -0.4 is 0 Å². The van der Waals surface area contributed by atoms with Crippen molar-refractivity contribution in [1.29, 1.82) is 0 Å². The van der Waals surface area contributed by atoms with Crippen LogP contribution in [0.2, 0.25) is 0 Å². The Balaban J connectivity index is 1.82. The summed E-state index contributed by atoms with van der Waals surface area (Å²) in [6, 6.07) is 8.49. The largest absolute Gasteiger partial charge is 0.340 e. The Kier molecular flexibility index (Phi) is 5.06. The van der Waals surface area contributed by atoms with Gasteiger partial charge in [0, 0.05) is 6.54 Å². The number of thioether (sulfide) groups is 1. The first-order valence-corrected chi connectivity index (χ1v) is 9.49. The lowest BCUT2D eigenvalue weighted by Gasteiger charge is -2.34. The molecule has 122 valence electrons. The number of carbonyl (C=O) groups is 1. The summed E-state index contributed by atoms with van der Waals surface area (Å²) in [6.45, 7) is 2.92. The minimum Gasteiger partial charge on any atom is -0.340 e. The van der Waals surface area contributed by atoms with Crippen LogP contribution in [0.25, 0.3) is 11.3 Å². The number of benzene rings is 1. The molecule has 0 bridgehead atoms. The predicted molar refractivity (Wildman–Crippen MR) is 95.4 cm³/mol. The summed E-state index contributed by atoms with van der Waals surface area (Å²) in [5, 5.41) is 0. The summed E-state index contributed by atoms with van der Waals surface area (Å²) in [5.74, 6) is 1.67. The van der Waals surface area contributed by atoms with Crippen LogP contribution in [-0.2, 0) is 4.79 Å². The van der Waals surface area contributed by atoms with Crippen LogP contribution in [0.1, 0.15) is 36.7 Å². The SMILES string of the molecule is CSCC(=O)N1CCCCC1c1ncc(-c2ccc(C)cc2)[nH]1. The van der Waals surface area contributed by atoms with Crippen molar-refractivity contribution >= 4 is 17.7 Å². The molecule has 0 aliphatic carbocycles. The highest BCUT2D eigenvalue weighted by Gasteiger charge is 2.29. The topological polar surface area (TPSA) is 49.0 Å². The normalized spacial score (nSPS) is 18.2. The second-order valence-corrected chi connectivity index (χ2v) is 6.95. The van der Waals surface area contributed by atoms with Crippen molar-refractivity contribution < 1.29 is 4.79 Å². The van der Waals surface area contributed by atoms with E-state index in [4.69, 9.17) is 0 Å². The molecule has 2 heterocycles. The molecule has 3 rings (SSSR count). The van der Waals surface area contributed by atoms with Crippen molar-refractivity contribution in [2.75, 3.05) is 18.6 Å². The summed E-state index contributed by atoms with van der Waals surface area (Å²) in [7, 11) is 0. The molecule has 1 amide bonds. The number of imidazole rings is 1. The first kappa shape index (κ1) is 16.1. The minimum absolute atomic E-state index is 0.0857. The van der Waals surface area contributed by atoms with E-state index in [1.807, 2.05) is 17.4 Å². The number of hydrogen-bond donors (Lipinski definition) is 1. The van der Waals surface area contributed by atoms with Gasteiger partial charge in [0.2, 0.25) is 5.91 Å². The standard InChI is InChI=1S/C18H23N3OS/c1-13-6-8-14(9-7-13)15-11-19-18(20-15)16-5-3-4-10-21(16)17(22)12-23-2/h6-9,11,16H,3-5,10,12H2,1-2H3,(H,19,20). The highest BCUT2D eigenvalue weighted by Crippen LogP contribution is 2.31. The van der Waals surface area contributed by atoms with E-state index in [1.54, 1.807) is 11.8 Å². The molecule has 1 aliphatic rings. The Bertz CT molecular complexity index is 665. The van der Waals surface area contributed by atoms with Crippen LogP contribution in [0.5, 0.6) is 0 Å². The minimum atomic E-state index is 0.0857. The fraction of sp³-hybridized carbons (Fsp3) is 0.444. The molecule has 23 heavy (non-hydrogen) atoms. The quantitative estimate of drug-likeness (QED) is 0.928. The third kappa shape index (κ3) is 3.61. The number of aryl methyl sites for hydroxylation is 1. The van der Waals surface area contributed by atoms with Gasteiger partial charge >= 0.3 is 0 Å². The summed E-state index contributed by atoms with van der Waals surface area (Å²) < 4.78 is 0. The van der Waals surface area contributed by atoms with Crippen LogP contribution in [0.15, 0.2) is 30.5 Å². The number of likely N-dealkylation sites (tertiary alicyclic amines) is 1. The fourth-order valence-electron chi connectivity index (χ4n) is 3.11. The van der Waals surface area contributed by atoms with Gasteiger partial charge in [0.1, 0.15) is 5.82 Å². The molecular formula is C18H23N3OS. The molecule has 1 saturated heterocycles. The lowest BCUT2D eigenvalue weighted by Crippen LogP contribution is -2.40. The molecule has 1 atom stereocenters. The average molecular weight is 329 g/mol. The fourth-order valence-corrected chi connectivity index (χ4v) is 3.52. The van der Waals surface area contributed by atoms with Gasteiger partial charge in [-0.3, -0.25) is 4.79 Å². The van der Waals surface area contributed by atoms with E-state index in [1.165, 1.54) is 5.56 Å². The molecule has 0 spiro atoms. The second-order valence-electron chi connectivity index (χ2n) is 6.08. The van der Waals surface area contributed by atoms with Crippen LogP contribution in [0.3, 0.4) is 0 Å². The maximum atomic E-state index is 12.4. The van der Waals surface area contributed by atoms with Gasteiger partial charge in [0.05, 0.1) is 23.7 Å². The van der Waals surface area contributed by atoms with Gasteiger partial charge in [-0.2, -0.15) is 11.8 Å². The van der Waals surface area contributed by atoms with E-state index in [2.05, 4.69) is 41.2 Å². The predicted octanol–water partition coefficient (Wildman–Crippen LogP) is 3.80. The number of amides is 1. The van der Waals surface area contributed by atoms with E-state index < -0.39 is 0 Å². The second kappa shape index (κ2) is 7.21. The first-order chi connectivity index (χ1) is 11.2. The average Bonchev–Trinajstić information content (AvgIpc) is 3.05. The molecular weight excluding hydrogens is 306 g/mol. The molecule has 0 radical (unpaired) electrons. The van der Waals surface area contributed by atoms with Crippen LogP contribution in [0.4, 0.5) is 0 Å². The van der Waals surface area contributed by atoms with E-state index in [9.17, 15) is 4.79 Å². The van der Waals surface area contributed by atoms with Crippen molar-refractivity contribution in [2.45, 2.75) is 32.2 Å². The van der Waals surface area contributed by atoms with Crippen molar-refractivity contribution in [3.8, 4) is 11.3 Å². The molecule has 2 aromatic rings. The molecule has 1 unspecified atom stereocenters. The van der Waals surface area contributed by atoms with Gasteiger partial charge in [-0.25, -0.2) is 4.98 Å². The lowest BCUT2D eigenvalue weighted by atomic mass is 10.0. The number of nitrogens with zero attached hydrogens (tertiary/aromatic N) is 2. The zero-order valence-corrected chi connectivity index (χ0v) is 14.5. The Hall–Kier alpha value is -1.75. The number of rotatable bonds is 4. The number of carbonyl (C=O) groups excluding carboxylic acids is 1. The van der Waals surface area contributed by atoms with Crippen LogP contribution in [-0.4, -0.2) is 39.3 Å². The maximum Gasteiger partial charge on any atom is 0.233 e. The number of aromatic amines is 1. The number of hydrogen-bond acceptors (Lipinski definition) is 3. The molecule has 1 aromatic heterocycles. The Morgan fingerprint density at radius 1 is 1.35 bits per heavy atom.